The highest BCUT2D eigenvalue weighted by Crippen LogP contribution is 2.15. The number of aryl methyl sites for hydroxylation is 1. The van der Waals surface area contributed by atoms with Crippen LogP contribution in [0.4, 0.5) is 10.1 Å². The maximum atomic E-state index is 13.3. The van der Waals surface area contributed by atoms with Gasteiger partial charge in [0, 0.05) is 6.54 Å². The van der Waals surface area contributed by atoms with Crippen molar-refractivity contribution in [3.8, 4) is 0 Å². The molecular weight excluding hydrogens is 197 g/mol. The second-order valence-corrected chi connectivity index (χ2v) is 3.60. The second-order valence-electron chi connectivity index (χ2n) is 3.60. The minimum absolute atomic E-state index is 0.218. The highest BCUT2D eigenvalue weighted by Gasteiger charge is 2.11. The molecule has 3 nitrogen and oxygen atoms in total. The normalized spacial score (nSPS) is 12.2. The summed E-state index contributed by atoms with van der Waals surface area (Å²) in [5, 5.41) is 11.4. The van der Waals surface area contributed by atoms with Crippen LogP contribution in [0.1, 0.15) is 12.5 Å². The third-order valence-electron chi connectivity index (χ3n) is 2.14. The fraction of sp³-hybridized carbons (Fsp3) is 0.364. The number of hydrogen-bond acceptors (Lipinski definition) is 2. The van der Waals surface area contributed by atoms with Crippen molar-refractivity contribution in [2.75, 3.05) is 11.9 Å². The van der Waals surface area contributed by atoms with Gasteiger partial charge in [0.2, 0.25) is 0 Å². The van der Waals surface area contributed by atoms with Crippen LogP contribution in [0.2, 0.25) is 0 Å². The van der Waals surface area contributed by atoms with Gasteiger partial charge in [-0.1, -0.05) is 13.0 Å². The number of aliphatic carboxylic acids is 1. The van der Waals surface area contributed by atoms with E-state index < -0.39 is 11.9 Å². The van der Waals surface area contributed by atoms with E-state index in [4.69, 9.17) is 5.11 Å². The molecule has 1 rings (SSSR count). The van der Waals surface area contributed by atoms with Gasteiger partial charge in [-0.2, -0.15) is 0 Å². The number of anilines is 1. The smallest absolute Gasteiger partial charge is 0.308 e. The lowest BCUT2D eigenvalue weighted by molar-refractivity contribution is -0.140. The Bertz CT molecular complexity index is 366. The molecule has 0 aliphatic heterocycles. The topological polar surface area (TPSA) is 49.3 Å². The van der Waals surface area contributed by atoms with Gasteiger partial charge >= 0.3 is 5.97 Å². The first kappa shape index (κ1) is 11.5. The first-order chi connectivity index (χ1) is 7.00. The number of nitrogens with one attached hydrogen (secondary N) is 1. The van der Waals surface area contributed by atoms with Crippen LogP contribution in [0, 0.1) is 18.7 Å². The molecule has 0 aromatic heterocycles. The lowest BCUT2D eigenvalue weighted by Crippen LogP contribution is -2.20. The SMILES string of the molecule is Cc1ccc(NCC(C)C(=O)O)c(F)c1. The molecule has 1 unspecified atom stereocenters. The molecule has 0 spiro atoms. The monoisotopic (exact) mass is 211 g/mol. The molecule has 0 radical (unpaired) electrons. The highest BCUT2D eigenvalue weighted by molar-refractivity contribution is 5.70. The molecule has 15 heavy (non-hydrogen) atoms. The quantitative estimate of drug-likeness (QED) is 0.803. The molecule has 2 N–H and O–H groups in total. The van der Waals surface area contributed by atoms with Crippen LogP contribution < -0.4 is 5.32 Å². The summed E-state index contributed by atoms with van der Waals surface area (Å²) in [4.78, 5) is 10.5. The third-order valence-corrected chi connectivity index (χ3v) is 2.14. The van der Waals surface area contributed by atoms with E-state index in [1.807, 2.05) is 0 Å². The molecule has 1 atom stereocenters. The Balaban J connectivity index is 2.62. The molecule has 4 heteroatoms. The minimum Gasteiger partial charge on any atom is -0.481 e. The van der Waals surface area contributed by atoms with Gasteiger partial charge in [0.1, 0.15) is 5.82 Å². The average Bonchev–Trinajstić information content (AvgIpc) is 2.15. The van der Waals surface area contributed by atoms with Gasteiger partial charge in [-0.3, -0.25) is 4.79 Å². The Morgan fingerprint density at radius 1 is 1.60 bits per heavy atom. The van der Waals surface area contributed by atoms with Crippen LogP contribution in [0.15, 0.2) is 18.2 Å². The molecule has 0 heterocycles. The maximum absolute atomic E-state index is 13.3. The van der Waals surface area contributed by atoms with Crippen molar-refractivity contribution in [1.82, 2.24) is 0 Å². The molecule has 0 amide bonds. The Labute approximate surface area is 87.9 Å². The molecule has 0 aliphatic rings. The van der Waals surface area contributed by atoms with Crippen LogP contribution >= 0.6 is 0 Å². The van der Waals surface area contributed by atoms with Gasteiger partial charge in [-0.15, -0.1) is 0 Å². The zero-order valence-electron chi connectivity index (χ0n) is 8.75. The summed E-state index contributed by atoms with van der Waals surface area (Å²) in [6, 6.07) is 4.80. The van der Waals surface area contributed by atoms with Crippen LogP contribution in [0.5, 0.6) is 0 Å². The predicted octanol–water partition coefficient (Wildman–Crippen LogP) is 2.27. The minimum atomic E-state index is -0.894. The van der Waals surface area contributed by atoms with E-state index in [0.29, 0.717) is 5.69 Å². The molecule has 0 saturated carbocycles. The lowest BCUT2D eigenvalue weighted by Gasteiger charge is -2.10. The number of carboxylic acid groups (broad SMARTS) is 1. The molecule has 0 bridgehead atoms. The maximum Gasteiger partial charge on any atom is 0.308 e. The Morgan fingerprint density at radius 3 is 2.80 bits per heavy atom. The van der Waals surface area contributed by atoms with Gasteiger partial charge in [0.25, 0.3) is 0 Å². The van der Waals surface area contributed by atoms with Crippen LogP contribution in [0.3, 0.4) is 0 Å². The standard InChI is InChI=1S/C11H14FNO2/c1-7-3-4-10(9(12)5-7)13-6-8(2)11(14)15/h3-5,8,13H,6H2,1-2H3,(H,14,15). The van der Waals surface area contributed by atoms with E-state index in [1.54, 1.807) is 26.0 Å². The molecule has 1 aromatic carbocycles. The molecule has 82 valence electrons. The van der Waals surface area contributed by atoms with Crippen molar-refractivity contribution < 1.29 is 14.3 Å². The summed E-state index contributed by atoms with van der Waals surface area (Å²) in [7, 11) is 0. The summed E-state index contributed by atoms with van der Waals surface area (Å²) < 4.78 is 13.3. The number of halogens is 1. The zero-order chi connectivity index (χ0) is 11.4. The second kappa shape index (κ2) is 4.77. The van der Waals surface area contributed by atoms with E-state index in [2.05, 4.69) is 5.32 Å². The fourth-order valence-corrected chi connectivity index (χ4v) is 1.11. The summed E-state index contributed by atoms with van der Waals surface area (Å²) in [5.74, 6) is -1.78. The van der Waals surface area contributed by atoms with Crippen LogP contribution in [0.25, 0.3) is 0 Å². The predicted molar refractivity (Wildman–Crippen MR) is 56.4 cm³/mol. The number of carbonyl (C=O) groups is 1. The number of rotatable bonds is 4. The summed E-state index contributed by atoms with van der Waals surface area (Å²) in [6.45, 7) is 3.59. The first-order valence-corrected chi connectivity index (χ1v) is 4.73. The summed E-state index contributed by atoms with van der Waals surface area (Å²) in [5.41, 5.74) is 1.18. The van der Waals surface area contributed by atoms with E-state index in [9.17, 15) is 9.18 Å². The largest absolute Gasteiger partial charge is 0.481 e. The lowest BCUT2D eigenvalue weighted by atomic mass is 10.1. The molecular formula is C11H14FNO2. The van der Waals surface area contributed by atoms with Crippen molar-refractivity contribution in [3.05, 3.63) is 29.6 Å². The number of hydrogen-bond donors (Lipinski definition) is 2. The summed E-state index contributed by atoms with van der Waals surface area (Å²) >= 11 is 0. The Morgan fingerprint density at radius 2 is 2.27 bits per heavy atom. The molecule has 1 aromatic rings. The van der Waals surface area contributed by atoms with Crippen molar-refractivity contribution in [1.29, 1.82) is 0 Å². The van der Waals surface area contributed by atoms with Crippen molar-refractivity contribution >= 4 is 11.7 Å². The van der Waals surface area contributed by atoms with Gasteiger partial charge in [-0.25, -0.2) is 4.39 Å². The van der Waals surface area contributed by atoms with E-state index in [-0.39, 0.29) is 12.4 Å². The molecule has 0 fully saturated rings. The van der Waals surface area contributed by atoms with Crippen molar-refractivity contribution in [3.63, 3.8) is 0 Å². The van der Waals surface area contributed by atoms with E-state index in [1.165, 1.54) is 6.07 Å². The first-order valence-electron chi connectivity index (χ1n) is 4.73. The third kappa shape index (κ3) is 3.23. The van der Waals surface area contributed by atoms with Gasteiger partial charge < -0.3 is 10.4 Å². The Kier molecular flexibility index (Phi) is 3.66. The number of carboxylic acids is 1. The fourth-order valence-electron chi connectivity index (χ4n) is 1.11. The number of benzene rings is 1. The van der Waals surface area contributed by atoms with Gasteiger partial charge in [-0.05, 0) is 24.6 Å². The van der Waals surface area contributed by atoms with E-state index >= 15 is 0 Å². The summed E-state index contributed by atoms with van der Waals surface area (Å²) in [6.07, 6.45) is 0. The van der Waals surface area contributed by atoms with Gasteiger partial charge in [0.15, 0.2) is 0 Å². The van der Waals surface area contributed by atoms with Gasteiger partial charge in [0.05, 0.1) is 11.6 Å². The van der Waals surface area contributed by atoms with Crippen LogP contribution in [-0.4, -0.2) is 17.6 Å². The van der Waals surface area contributed by atoms with Crippen LogP contribution in [-0.2, 0) is 4.79 Å². The van der Waals surface area contributed by atoms with E-state index in [0.717, 1.165) is 5.56 Å². The average molecular weight is 211 g/mol. The zero-order valence-corrected chi connectivity index (χ0v) is 8.75. The van der Waals surface area contributed by atoms with Crippen molar-refractivity contribution in [2.24, 2.45) is 5.92 Å². The highest BCUT2D eigenvalue weighted by atomic mass is 19.1. The van der Waals surface area contributed by atoms with Crippen molar-refractivity contribution in [2.45, 2.75) is 13.8 Å². The molecule has 0 saturated heterocycles. The molecule has 0 aliphatic carbocycles. The Hall–Kier alpha value is -1.58.